The molecule has 48 heavy (non-hydrogen) atoms. The largest absolute Gasteiger partial charge is 0.460 e. The van der Waals surface area contributed by atoms with Gasteiger partial charge in [-0.3, -0.25) is 5.41 Å². The predicted molar refractivity (Wildman–Crippen MR) is 88.3 cm³/mol. The Bertz CT molecular complexity index is 1220. The first-order valence-corrected chi connectivity index (χ1v) is 10.1. The standard InChI is InChI=1S/C17H3F30N/c18-4(19,6(22,23)8(26,27)10(30,31)12(34,35)14(38,39)16(42,43)44)2-1-3(48)5(20,21)7(24,25)9(28,29)11(32,33)13(36,37)15(40,41)17(45,46)47/h1-2,48H/b2-1+,48-3?. The number of hydrogen-bond donors (Lipinski definition) is 1. The van der Waals surface area contributed by atoms with E-state index in [2.05, 4.69) is 0 Å². The number of halogens is 30. The molecule has 0 aliphatic heterocycles. The van der Waals surface area contributed by atoms with Crippen LogP contribution in [0.25, 0.3) is 0 Å². The quantitative estimate of drug-likeness (QED) is 0.142. The average molecular weight is 791 g/mol. The van der Waals surface area contributed by atoms with Gasteiger partial charge in [0.25, 0.3) is 0 Å². The number of nitrogens with one attached hydrogen (secondary N) is 1. The van der Waals surface area contributed by atoms with Crippen molar-refractivity contribution in [1.29, 1.82) is 5.41 Å². The molecule has 0 aromatic rings. The van der Waals surface area contributed by atoms with E-state index in [1.54, 1.807) is 0 Å². The molecule has 0 saturated carbocycles. The highest BCUT2D eigenvalue weighted by molar-refractivity contribution is 5.99. The van der Waals surface area contributed by atoms with Gasteiger partial charge in [0.2, 0.25) is 0 Å². The van der Waals surface area contributed by atoms with Crippen LogP contribution in [-0.2, 0) is 0 Å². The summed E-state index contributed by atoms with van der Waals surface area (Å²) < 4.78 is 392. The summed E-state index contributed by atoms with van der Waals surface area (Å²) in [6.07, 6.45) is -21.5. The van der Waals surface area contributed by atoms with Gasteiger partial charge in [-0.15, -0.1) is 0 Å². The molecule has 0 radical (unpaired) electrons. The lowest BCUT2D eigenvalue weighted by molar-refractivity contribution is -0.449. The van der Waals surface area contributed by atoms with Crippen LogP contribution < -0.4 is 0 Å². The Morgan fingerprint density at radius 3 is 0.750 bits per heavy atom. The highest BCUT2D eigenvalue weighted by Gasteiger charge is 2.95. The van der Waals surface area contributed by atoms with Crippen LogP contribution in [0.3, 0.4) is 0 Å². The van der Waals surface area contributed by atoms with Gasteiger partial charge in [-0.2, -0.15) is 132 Å². The fraction of sp³-hybridized carbons (Fsp3) is 0.824. The fourth-order valence-corrected chi connectivity index (χ4v) is 2.51. The summed E-state index contributed by atoms with van der Waals surface area (Å²) >= 11 is 0. The van der Waals surface area contributed by atoms with Gasteiger partial charge < -0.3 is 0 Å². The Labute approximate surface area is 240 Å². The molecule has 0 amide bonds. The van der Waals surface area contributed by atoms with Gasteiger partial charge in [0.1, 0.15) is 5.71 Å². The van der Waals surface area contributed by atoms with E-state index in [9.17, 15) is 132 Å². The molecule has 0 aromatic heterocycles. The van der Waals surface area contributed by atoms with Crippen LogP contribution in [-0.4, -0.2) is 89.1 Å². The maximum absolute atomic E-state index is 13.8. The Kier molecular flexibility index (Phi) is 10.5. The number of alkyl halides is 30. The first-order chi connectivity index (χ1) is 20.1. The second-order valence-electron chi connectivity index (χ2n) is 8.68. The van der Waals surface area contributed by atoms with Crippen molar-refractivity contribution in [3.8, 4) is 0 Å². The van der Waals surface area contributed by atoms with Crippen LogP contribution in [0.5, 0.6) is 0 Å². The minimum Gasteiger partial charge on any atom is -0.299 e. The second kappa shape index (κ2) is 11.2. The summed E-state index contributed by atoms with van der Waals surface area (Å²) in [6, 6.07) is 0. The van der Waals surface area contributed by atoms with Crippen LogP contribution in [0.15, 0.2) is 12.2 Å². The van der Waals surface area contributed by atoms with E-state index in [1.807, 2.05) is 0 Å². The van der Waals surface area contributed by atoms with Crippen LogP contribution in [0, 0.1) is 5.41 Å². The molecule has 0 atom stereocenters. The average Bonchev–Trinajstić information content (AvgIpc) is 2.84. The minimum atomic E-state index is -9.07. The predicted octanol–water partition coefficient (Wildman–Crippen LogP) is 10.3. The van der Waals surface area contributed by atoms with E-state index in [4.69, 9.17) is 5.41 Å². The Morgan fingerprint density at radius 1 is 0.292 bits per heavy atom. The van der Waals surface area contributed by atoms with Gasteiger partial charge in [-0.1, -0.05) is 0 Å². The van der Waals surface area contributed by atoms with Crippen LogP contribution in [0.2, 0.25) is 0 Å². The lowest BCUT2D eigenvalue weighted by Crippen LogP contribution is -2.73. The molecule has 0 unspecified atom stereocenters. The number of hydrogen-bond acceptors (Lipinski definition) is 1. The van der Waals surface area contributed by atoms with Gasteiger partial charge in [-0.05, 0) is 12.2 Å². The first kappa shape index (κ1) is 45.3. The zero-order valence-corrected chi connectivity index (χ0v) is 20.5. The Balaban J connectivity index is 7.03. The van der Waals surface area contributed by atoms with Gasteiger partial charge >= 0.3 is 83.4 Å². The molecule has 1 N–H and O–H groups in total. The minimum absolute atomic E-state index is 2.46. The summed E-state index contributed by atoms with van der Waals surface area (Å²) in [4.78, 5) is 0. The lowest BCUT2D eigenvalue weighted by Gasteiger charge is -2.41. The number of allylic oxidation sites excluding steroid dienone is 2. The van der Waals surface area contributed by atoms with Crippen LogP contribution in [0.1, 0.15) is 0 Å². The third kappa shape index (κ3) is 5.63. The Hall–Kier alpha value is -2.69. The van der Waals surface area contributed by atoms with Crippen molar-refractivity contribution in [3.63, 3.8) is 0 Å². The smallest absolute Gasteiger partial charge is 0.299 e. The zero-order valence-electron chi connectivity index (χ0n) is 20.5. The monoisotopic (exact) mass is 791 g/mol. The molecule has 0 spiro atoms. The van der Waals surface area contributed by atoms with E-state index in [1.165, 1.54) is 0 Å². The molecule has 0 rings (SSSR count). The third-order valence-corrected chi connectivity index (χ3v) is 5.48. The topological polar surface area (TPSA) is 23.9 Å². The molecule has 286 valence electrons. The lowest BCUT2D eigenvalue weighted by atomic mass is 9.89. The van der Waals surface area contributed by atoms with Gasteiger partial charge in [-0.25, -0.2) is 0 Å². The second-order valence-corrected chi connectivity index (χ2v) is 8.68. The first-order valence-electron chi connectivity index (χ1n) is 10.1. The summed E-state index contributed by atoms with van der Waals surface area (Å²) in [5.41, 5.74) is -4.49. The SMILES string of the molecule is N=C(/C=C/C(F)(F)C(F)(F)C(F)(F)C(F)(F)C(F)(F)C(F)(F)C(F)(F)F)C(F)(F)C(F)(F)C(F)(F)C(F)(F)C(F)(F)C(F)(F)C(F)(F)F. The van der Waals surface area contributed by atoms with Gasteiger partial charge in [0, 0.05) is 0 Å². The van der Waals surface area contributed by atoms with Crippen molar-refractivity contribution in [2.75, 3.05) is 0 Å². The van der Waals surface area contributed by atoms with Gasteiger partial charge in [0.15, 0.2) is 0 Å². The van der Waals surface area contributed by atoms with E-state index < -0.39 is 101 Å². The van der Waals surface area contributed by atoms with Crippen molar-refractivity contribution < 1.29 is 132 Å². The molecule has 0 aliphatic carbocycles. The highest BCUT2D eigenvalue weighted by Crippen LogP contribution is 2.64. The van der Waals surface area contributed by atoms with Crippen molar-refractivity contribution in [3.05, 3.63) is 12.2 Å². The molecular formula is C17H3F30N. The zero-order chi connectivity index (χ0) is 40.0. The summed E-state index contributed by atoms with van der Waals surface area (Å²) in [5.74, 6) is -104. The third-order valence-electron chi connectivity index (χ3n) is 5.48. The van der Waals surface area contributed by atoms with Crippen LogP contribution >= 0.6 is 0 Å². The molecule has 0 heterocycles. The summed E-state index contributed by atoms with van der Waals surface area (Å²) in [6.45, 7) is 0. The van der Waals surface area contributed by atoms with E-state index in [0.717, 1.165) is 0 Å². The molecule has 0 fully saturated rings. The summed E-state index contributed by atoms with van der Waals surface area (Å²) in [7, 11) is 0. The normalized spacial score (nSPS) is 17.0. The molecule has 0 aliphatic rings. The van der Waals surface area contributed by atoms with Crippen molar-refractivity contribution in [1.82, 2.24) is 0 Å². The summed E-state index contributed by atoms with van der Waals surface area (Å²) in [5, 5.41) is 6.15. The Morgan fingerprint density at radius 2 is 0.500 bits per heavy atom. The van der Waals surface area contributed by atoms with E-state index in [-0.39, 0.29) is 0 Å². The van der Waals surface area contributed by atoms with E-state index in [0.29, 0.717) is 0 Å². The highest BCUT2D eigenvalue weighted by atomic mass is 19.4. The fourth-order valence-electron chi connectivity index (χ4n) is 2.51. The van der Waals surface area contributed by atoms with Crippen molar-refractivity contribution >= 4 is 5.71 Å². The molecule has 0 saturated heterocycles. The molecular weight excluding hydrogens is 788 g/mol. The maximum Gasteiger partial charge on any atom is 0.460 e. The number of rotatable bonds is 13. The van der Waals surface area contributed by atoms with Gasteiger partial charge in [0.05, 0.1) is 0 Å². The molecule has 31 heteroatoms. The maximum atomic E-state index is 13.8. The van der Waals surface area contributed by atoms with E-state index >= 15 is 0 Å². The molecule has 0 bridgehead atoms. The van der Waals surface area contributed by atoms with Crippen molar-refractivity contribution in [2.24, 2.45) is 0 Å². The molecule has 1 nitrogen and oxygen atoms in total. The van der Waals surface area contributed by atoms with Crippen molar-refractivity contribution in [2.45, 2.75) is 83.4 Å². The molecule has 0 aromatic carbocycles. The van der Waals surface area contributed by atoms with Crippen LogP contribution in [0.4, 0.5) is 132 Å².